The number of hydrogen-bond donors (Lipinski definition) is 0. The van der Waals surface area contributed by atoms with Crippen molar-refractivity contribution >= 4 is 6.29 Å². The van der Waals surface area contributed by atoms with Crippen molar-refractivity contribution < 1.29 is 9.18 Å². The maximum Gasteiger partial charge on any atom is 0.214 e. The Balaban J connectivity index is 2.59. The zero-order valence-corrected chi connectivity index (χ0v) is 7.57. The second kappa shape index (κ2) is 3.59. The van der Waals surface area contributed by atoms with Crippen LogP contribution in [0.4, 0.5) is 4.39 Å². The van der Waals surface area contributed by atoms with E-state index in [0.29, 0.717) is 12.8 Å². The highest BCUT2D eigenvalue weighted by atomic mass is 19.1. The lowest BCUT2D eigenvalue weighted by Crippen LogP contribution is -2.17. The second-order valence-electron chi connectivity index (χ2n) is 3.35. The first-order chi connectivity index (χ1) is 6.03. The topological polar surface area (TPSA) is 60.7 Å². The summed E-state index contributed by atoms with van der Waals surface area (Å²) in [7, 11) is 0. The first kappa shape index (κ1) is 9.76. The highest BCUT2D eigenvalue weighted by molar-refractivity contribution is 5.68. The maximum atomic E-state index is 13.0. The average Bonchev–Trinajstić information content (AvgIpc) is 2.46. The summed E-state index contributed by atoms with van der Waals surface area (Å²) in [5, 5.41) is 10.3. The molecule has 1 rings (SSSR count). The quantitative estimate of drug-likeness (QED) is 0.647. The zero-order valence-electron chi connectivity index (χ0n) is 7.57. The molecule has 5 nitrogen and oxygen atoms in total. The summed E-state index contributed by atoms with van der Waals surface area (Å²) in [5.41, 5.74) is -1.27. The SMILES string of the molecule is CC(C)(F)CCn1nnnc1C=O. The Labute approximate surface area is 74.9 Å². The van der Waals surface area contributed by atoms with Gasteiger partial charge in [-0.2, -0.15) is 0 Å². The molecule has 6 heteroatoms. The molecule has 0 amide bonds. The zero-order chi connectivity index (χ0) is 9.90. The number of halogens is 1. The van der Waals surface area contributed by atoms with E-state index in [0.717, 1.165) is 0 Å². The fourth-order valence-corrected chi connectivity index (χ4v) is 0.827. The number of aldehydes is 1. The number of tetrazole rings is 1. The summed E-state index contributed by atoms with van der Waals surface area (Å²) in [4.78, 5) is 10.4. The van der Waals surface area contributed by atoms with Crippen molar-refractivity contribution in [1.82, 2.24) is 20.2 Å². The molecule has 1 aromatic rings. The molecule has 0 atom stereocenters. The maximum absolute atomic E-state index is 13.0. The van der Waals surface area contributed by atoms with Crippen LogP contribution in [0, 0.1) is 0 Å². The Bertz CT molecular complexity index is 291. The summed E-state index contributed by atoms with van der Waals surface area (Å²) >= 11 is 0. The van der Waals surface area contributed by atoms with Gasteiger partial charge in [-0.3, -0.25) is 4.79 Å². The fourth-order valence-electron chi connectivity index (χ4n) is 0.827. The van der Waals surface area contributed by atoms with Gasteiger partial charge in [0.2, 0.25) is 5.82 Å². The van der Waals surface area contributed by atoms with E-state index in [4.69, 9.17) is 0 Å². The standard InChI is InChI=1S/C7H11FN4O/c1-7(2,8)3-4-12-6(5-13)9-10-11-12/h5H,3-4H2,1-2H3. The van der Waals surface area contributed by atoms with Crippen LogP contribution in [0.2, 0.25) is 0 Å². The normalized spacial score (nSPS) is 11.6. The van der Waals surface area contributed by atoms with Crippen LogP contribution in [-0.2, 0) is 6.54 Å². The number of carbonyl (C=O) groups is 1. The van der Waals surface area contributed by atoms with Gasteiger partial charge in [0.05, 0.1) is 0 Å². The van der Waals surface area contributed by atoms with Crippen molar-refractivity contribution in [2.45, 2.75) is 32.5 Å². The lowest BCUT2D eigenvalue weighted by atomic mass is 10.1. The van der Waals surface area contributed by atoms with Crippen LogP contribution in [0.3, 0.4) is 0 Å². The number of rotatable bonds is 4. The van der Waals surface area contributed by atoms with Crippen molar-refractivity contribution in [3.63, 3.8) is 0 Å². The van der Waals surface area contributed by atoms with Crippen LogP contribution in [0.25, 0.3) is 0 Å². The minimum Gasteiger partial charge on any atom is -0.294 e. The van der Waals surface area contributed by atoms with Crippen LogP contribution >= 0.6 is 0 Å². The number of nitrogens with zero attached hydrogens (tertiary/aromatic N) is 4. The van der Waals surface area contributed by atoms with Gasteiger partial charge in [0.1, 0.15) is 5.67 Å². The van der Waals surface area contributed by atoms with Gasteiger partial charge in [-0.05, 0) is 24.3 Å². The molecule has 0 unspecified atom stereocenters. The van der Waals surface area contributed by atoms with E-state index in [9.17, 15) is 9.18 Å². The molecule has 13 heavy (non-hydrogen) atoms. The monoisotopic (exact) mass is 186 g/mol. The molecule has 72 valence electrons. The lowest BCUT2D eigenvalue weighted by Gasteiger charge is -2.12. The fraction of sp³-hybridized carbons (Fsp3) is 0.714. The molecule has 0 aromatic carbocycles. The van der Waals surface area contributed by atoms with Gasteiger partial charge in [0.25, 0.3) is 0 Å². The molecule has 0 saturated heterocycles. The summed E-state index contributed by atoms with van der Waals surface area (Å²) in [5.74, 6) is 0.129. The molecule has 0 fully saturated rings. The van der Waals surface area contributed by atoms with Gasteiger partial charge in [0.15, 0.2) is 6.29 Å². The molecule has 0 spiro atoms. The van der Waals surface area contributed by atoms with Crippen LogP contribution in [0.5, 0.6) is 0 Å². The Morgan fingerprint density at radius 1 is 1.62 bits per heavy atom. The van der Waals surface area contributed by atoms with Gasteiger partial charge in [0, 0.05) is 13.0 Å². The Morgan fingerprint density at radius 3 is 2.85 bits per heavy atom. The van der Waals surface area contributed by atoms with Crippen molar-refractivity contribution in [1.29, 1.82) is 0 Å². The molecule has 0 aliphatic carbocycles. The van der Waals surface area contributed by atoms with E-state index in [1.54, 1.807) is 0 Å². The van der Waals surface area contributed by atoms with Crippen molar-refractivity contribution in [3.8, 4) is 0 Å². The van der Waals surface area contributed by atoms with E-state index in [-0.39, 0.29) is 12.2 Å². The highest BCUT2D eigenvalue weighted by Crippen LogP contribution is 2.14. The largest absolute Gasteiger partial charge is 0.294 e. The average molecular weight is 186 g/mol. The predicted molar refractivity (Wildman–Crippen MR) is 43.0 cm³/mol. The number of hydrogen-bond acceptors (Lipinski definition) is 4. The van der Waals surface area contributed by atoms with Crippen LogP contribution in [0.15, 0.2) is 0 Å². The molecule has 0 saturated carbocycles. The first-order valence-corrected chi connectivity index (χ1v) is 3.93. The van der Waals surface area contributed by atoms with Gasteiger partial charge >= 0.3 is 0 Å². The van der Waals surface area contributed by atoms with E-state index in [1.807, 2.05) is 0 Å². The third-order valence-electron chi connectivity index (χ3n) is 1.58. The van der Waals surface area contributed by atoms with Crippen LogP contribution < -0.4 is 0 Å². The van der Waals surface area contributed by atoms with Gasteiger partial charge in [-0.25, -0.2) is 9.07 Å². The summed E-state index contributed by atoms with van der Waals surface area (Å²) in [6.45, 7) is 3.25. The van der Waals surface area contributed by atoms with E-state index in [2.05, 4.69) is 15.5 Å². The molecule has 1 heterocycles. The number of aromatic nitrogens is 4. The summed E-state index contributed by atoms with van der Waals surface area (Å²) < 4.78 is 14.3. The van der Waals surface area contributed by atoms with E-state index >= 15 is 0 Å². The van der Waals surface area contributed by atoms with Crippen molar-refractivity contribution in [2.75, 3.05) is 0 Å². The minimum absolute atomic E-state index is 0.129. The molecule has 0 N–H and O–H groups in total. The van der Waals surface area contributed by atoms with Crippen molar-refractivity contribution in [2.24, 2.45) is 0 Å². The number of aryl methyl sites for hydroxylation is 1. The Kier molecular flexibility index (Phi) is 2.69. The third kappa shape index (κ3) is 2.89. The van der Waals surface area contributed by atoms with Gasteiger partial charge < -0.3 is 0 Å². The lowest BCUT2D eigenvalue weighted by molar-refractivity contribution is 0.110. The Morgan fingerprint density at radius 2 is 2.31 bits per heavy atom. The summed E-state index contributed by atoms with van der Waals surface area (Å²) in [6.07, 6.45) is 0.824. The molecule has 0 radical (unpaired) electrons. The van der Waals surface area contributed by atoms with Crippen LogP contribution in [0.1, 0.15) is 30.9 Å². The minimum atomic E-state index is -1.27. The number of alkyl halides is 1. The highest BCUT2D eigenvalue weighted by Gasteiger charge is 2.16. The smallest absolute Gasteiger partial charge is 0.214 e. The van der Waals surface area contributed by atoms with E-state index < -0.39 is 5.67 Å². The van der Waals surface area contributed by atoms with Gasteiger partial charge in [-0.1, -0.05) is 0 Å². The first-order valence-electron chi connectivity index (χ1n) is 3.93. The number of carbonyl (C=O) groups excluding carboxylic acids is 1. The second-order valence-corrected chi connectivity index (χ2v) is 3.35. The van der Waals surface area contributed by atoms with Crippen molar-refractivity contribution in [3.05, 3.63) is 5.82 Å². The molecular formula is C7H11FN4O. The predicted octanol–water partition coefficient (Wildman–Crippen LogP) is 0.624. The molecular weight excluding hydrogens is 175 g/mol. The molecule has 0 aliphatic heterocycles. The Hall–Kier alpha value is -1.33. The molecule has 1 aromatic heterocycles. The third-order valence-corrected chi connectivity index (χ3v) is 1.58. The van der Waals surface area contributed by atoms with Gasteiger partial charge in [-0.15, -0.1) is 5.10 Å². The van der Waals surface area contributed by atoms with E-state index in [1.165, 1.54) is 18.5 Å². The molecule has 0 bridgehead atoms. The van der Waals surface area contributed by atoms with Crippen LogP contribution in [-0.4, -0.2) is 32.2 Å². The molecule has 0 aliphatic rings. The summed E-state index contributed by atoms with van der Waals surface area (Å²) in [6, 6.07) is 0.